The molecule has 0 aliphatic heterocycles. The van der Waals surface area contributed by atoms with Crippen LogP contribution >= 0.6 is 0 Å². The predicted molar refractivity (Wildman–Crippen MR) is 142 cm³/mol. The molecular formula is C31H41N. The second kappa shape index (κ2) is 15.2. The van der Waals surface area contributed by atoms with E-state index in [2.05, 4.69) is 80.8 Å². The Bertz CT molecular complexity index is 873. The number of benzene rings is 1. The van der Waals surface area contributed by atoms with Gasteiger partial charge in [-0.1, -0.05) is 105 Å². The highest BCUT2D eigenvalue weighted by Gasteiger charge is 2.09. The number of unbranched alkanes of at least 4 members (excludes halogenated alkanes) is 1. The van der Waals surface area contributed by atoms with E-state index >= 15 is 0 Å². The number of hydrogen-bond acceptors (Lipinski definition) is 1. The molecule has 1 unspecified atom stereocenters. The van der Waals surface area contributed by atoms with Crippen molar-refractivity contribution in [2.45, 2.75) is 71.6 Å². The SMILES string of the molecule is C=CCC(CC)CCCCc1ccc(-c2ccccc2)nc1CCCC(=C)/C=C\C=C/C. The summed E-state index contributed by atoms with van der Waals surface area (Å²) in [5, 5.41) is 0. The minimum Gasteiger partial charge on any atom is -0.253 e. The zero-order valence-corrected chi connectivity index (χ0v) is 20.2. The maximum Gasteiger partial charge on any atom is 0.0705 e. The van der Waals surface area contributed by atoms with Crippen molar-refractivity contribution in [1.82, 2.24) is 4.98 Å². The Hall–Kier alpha value is -2.67. The average molecular weight is 428 g/mol. The van der Waals surface area contributed by atoms with E-state index in [0.29, 0.717) is 0 Å². The molecule has 170 valence electrons. The lowest BCUT2D eigenvalue weighted by molar-refractivity contribution is 0.451. The van der Waals surface area contributed by atoms with Gasteiger partial charge in [0.25, 0.3) is 0 Å². The van der Waals surface area contributed by atoms with E-state index in [0.717, 1.165) is 43.7 Å². The molecule has 0 saturated carbocycles. The van der Waals surface area contributed by atoms with Crippen LogP contribution in [0.4, 0.5) is 0 Å². The first kappa shape index (κ1) is 25.6. The van der Waals surface area contributed by atoms with Crippen LogP contribution in [0, 0.1) is 5.92 Å². The molecule has 0 aliphatic carbocycles. The Morgan fingerprint density at radius 2 is 1.81 bits per heavy atom. The van der Waals surface area contributed by atoms with Crippen LogP contribution in [0.25, 0.3) is 11.3 Å². The number of aromatic nitrogens is 1. The molecule has 0 saturated heterocycles. The van der Waals surface area contributed by atoms with E-state index in [-0.39, 0.29) is 0 Å². The third kappa shape index (κ3) is 9.22. The van der Waals surface area contributed by atoms with Crippen molar-refractivity contribution in [3.8, 4) is 11.3 Å². The summed E-state index contributed by atoms with van der Waals surface area (Å²) in [6, 6.07) is 15.0. The molecule has 1 nitrogen and oxygen atoms in total. The molecule has 0 N–H and O–H groups in total. The van der Waals surface area contributed by atoms with Crippen molar-refractivity contribution < 1.29 is 0 Å². The summed E-state index contributed by atoms with van der Waals surface area (Å²) in [5.41, 5.74) is 6.12. The Kier molecular flexibility index (Phi) is 12.1. The van der Waals surface area contributed by atoms with Gasteiger partial charge in [0.15, 0.2) is 0 Å². The molecular weight excluding hydrogens is 386 g/mol. The van der Waals surface area contributed by atoms with Gasteiger partial charge in [0.2, 0.25) is 0 Å². The first-order chi connectivity index (χ1) is 15.7. The van der Waals surface area contributed by atoms with E-state index < -0.39 is 0 Å². The molecule has 2 rings (SSSR count). The average Bonchev–Trinajstić information content (AvgIpc) is 2.82. The largest absolute Gasteiger partial charge is 0.253 e. The molecule has 2 aromatic rings. The highest BCUT2D eigenvalue weighted by atomic mass is 14.7. The van der Waals surface area contributed by atoms with Gasteiger partial charge in [-0.25, -0.2) is 0 Å². The second-order valence-corrected chi connectivity index (χ2v) is 8.61. The van der Waals surface area contributed by atoms with Crippen LogP contribution in [0.1, 0.15) is 70.1 Å². The monoisotopic (exact) mass is 427 g/mol. The maximum absolute atomic E-state index is 5.10. The minimum absolute atomic E-state index is 0.784. The summed E-state index contributed by atoms with van der Waals surface area (Å²) in [6.07, 6.45) is 20.7. The number of hydrogen-bond donors (Lipinski definition) is 0. The number of rotatable bonds is 15. The Labute approximate surface area is 196 Å². The second-order valence-electron chi connectivity index (χ2n) is 8.61. The molecule has 1 heterocycles. The zero-order chi connectivity index (χ0) is 23.0. The molecule has 1 aromatic carbocycles. The fourth-order valence-corrected chi connectivity index (χ4v) is 4.09. The van der Waals surface area contributed by atoms with Gasteiger partial charge in [-0.3, -0.25) is 4.98 Å². The van der Waals surface area contributed by atoms with Crippen molar-refractivity contribution in [3.05, 3.63) is 103 Å². The van der Waals surface area contributed by atoms with Crippen LogP contribution in [0.5, 0.6) is 0 Å². The number of allylic oxidation sites excluding steroid dienone is 6. The van der Waals surface area contributed by atoms with Crippen molar-refractivity contribution in [2.24, 2.45) is 5.92 Å². The van der Waals surface area contributed by atoms with E-state index in [9.17, 15) is 0 Å². The summed E-state index contributed by atoms with van der Waals surface area (Å²) >= 11 is 0. The Morgan fingerprint density at radius 3 is 2.53 bits per heavy atom. The summed E-state index contributed by atoms with van der Waals surface area (Å²) in [5.74, 6) is 0.784. The van der Waals surface area contributed by atoms with Crippen LogP contribution < -0.4 is 0 Å². The van der Waals surface area contributed by atoms with Crippen LogP contribution in [0.15, 0.2) is 91.6 Å². The summed E-state index contributed by atoms with van der Waals surface area (Å²) in [7, 11) is 0. The quantitative estimate of drug-likeness (QED) is 0.157. The van der Waals surface area contributed by atoms with Crippen LogP contribution in [0.2, 0.25) is 0 Å². The Morgan fingerprint density at radius 1 is 1.00 bits per heavy atom. The van der Waals surface area contributed by atoms with Gasteiger partial charge in [-0.2, -0.15) is 0 Å². The smallest absolute Gasteiger partial charge is 0.0705 e. The zero-order valence-electron chi connectivity index (χ0n) is 20.2. The first-order valence-corrected chi connectivity index (χ1v) is 12.3. The van der Waals surface area contributed by atoms with Crippen LogP contribution in [-0.2, 0) is 12.8 Å². The first-order valence-electron chi connectivity index (χ1n) is 12.3. The highest BCUT2D eigenvalue weighted by molar-refractivity contribution is 5.59. The normalized spacial score (nSPS) is 12.4. The van der Waals surface area contributed by atoms with E-state index in [1.807, 2.05) is 19.1 Å². The van der Waals surface area contributed by atoms with Gasteiger partial charge in [0, 0.05) is 11.3 Å². The Balaban J connectivity index is 2.03. The molecule has 1 heteroatoms. The molecule has 0 fully saturated rings. The third-order valence-corrected chi connectivity index (χ3v) is 6.07. The third-order valence-electron chi connectivity index (χ3n) is 6.07. The molecule has 1 atom stereocenters. The fourth-order valence-electron chi connectivity index (χ4n) is 4.09. The van der Waals surface area contributed by atoms with Gasteiger partial charge >= 0.3 is 0 Å². The van der Waals surface area contributed by atoms with E-state index in [1.165, 1.54) is 48.1 Å². The van der Waals surface area contributed by atoms with Crippen LogP contribution in [0.3, 0.4) is 0 Å². The highest BCUT2D eigenvalue weighted by Crippen LogP contribution is 2.23. The molecule has 32 heavy (non-hydrogen) atoms. The van der Waals surface area contributed by atoms with E-state index in [4.69, 9.17) is 4.98 Å². The topological polar surface area (TPSA) is 12.9 Å². The van der Waals surface area contributed by atoms with E-state index in [1.54, 1.807) is 0 Å². The summed E-state index contributed by atoms with van der Waals surface area (Å²) in [4.78, 5) is 5.10. The minimum atomic E-state index is 0.784. The predicted octanol–water partition coefficient (Wildman–Crippen LogP) is 9.07. The molecule has 0 spiro atoms. The number of aryl methyl sites for hydroxylation is 2. The molecule has 0 aliphatic rings. The number of pyridine rings is 1. The van der Waals surface area contributed by atoms with Crippen molar-refractivity contribution in [2.75, 3.05) is 0 Å². The van der Waals surface area contributed by atoms with Gasteiger partial charge in [-0.15, -0.1) is 6.58 Å². The van der Waals surface area contributed by atoms with Gasteiger partial charge in [0.1, 0.15) is 0 Å². The molecule has 0 amide bonds. The van der Waals surface area contributed by atoms with Gasteiger partial charge in [-0.05, 0) is 63.0 Å². The summed E-state index contributed by atoms with van der Waals surface area (Å²) < 4.78 is 0. The van der Waals surface area contributed by atoms with Gasteiger partial charge in [0.05, 0.1) is 5.69 Å². The van der Waals surface area contributed by atoms with Gasteiger partial charge < -0.3 is 0 Å². The molecule has 0 radical (unpaired) electrons. The van der Waals surface area contributed by atoms with Crippen molar-refractivity contribution in [1.29, 1.82) is 0 Å². The lowest BCUT2D eigenvalue weighted by Crippen LogP contribution is -2.02. The molecule has 0 bridgehead atoms. The lowest BCUT2D eigenvalue weighted by atomic mass is 9.94. The number of nitrogens with zero attached hydrogens (tertiary/aromatic N) is 1. The maximum atomic E-state index is 5.10. The molecule has 1 aromatic heterocycles. The van der Waals surface area contributed by atoms with Crippen molar-refractivity contribution in [3.63, 3.8) is 0 Å². The summed E-state index contributed by atoms with van der Waals surface area (Å²) in [6.45, 7) is 12.4. The van der Waals surface area contributed by atoms with Crippen LogP contribution in [-0.4, -0.2) is 4.98 Å². The fraction of sp³-hybridized carbons (Fsp3) is 0.387. The standard InChI is InChI=1S/C31H41N/c1-5-8-10-17-26(4)18-15-23-30-29(22-14-13-19-27(7-3)16-6-2)24-25-31(32-30)28-20-11-9-12-21-28/h5-6,8-12,17,20-21,24-25,27H,2,4,7,13-16,18-19,22-23H2,1,3H3/b8-5-,17-10-. The lowest BCUT2D eigenvalue weighted by Gasteiger charge is -2.14. The van der Waals surface area contributed by atoms with Crippen molar-refractivity contribution >= 4 is 0 Å².